The zero-order chi connectivity index (χ0) is 17.0. The number of aliphatic hydroxyl groups is 1. The van der Waals surface area contributed by atoms with Gasteiger partial charge >= 0.3 is 0 Å². The van der Waals surface area contributed by atoms with E-state index in [2.05, 4.69) is 13.2 Å². The van der Waals surface area contributed by atoms with E-state index in [0.717, 1.165) is 18.8 Å². The Labute approximate surface area is 150 Å². The summed E-state index contributed by atoms with van der Waals surface area (Å²) >= 11 is 1.74. The average molecular weight is 347 g/mol. The summed E-state index contributed by atoms with van der Waals surface area (Å²) < 4.78 is 5.67. The van der Waals surface area contributed by atoms with Gasteiger partial charge in [-0.05, 0) is 12.7 Å². The first-order valence-electron chi connectivity index (χ1n) is 10.1. The molecule has 0 spiro atoms. The quantitative estimate of drug-likeness (QED) is 0.282. The van der Waals surface area contributed by atoms with Gasteiger partial charge in [0, 0.05) is 12.4 Å². The molecule has 0 saturated carbocycles. The van der Waals surface area contributed by atoms with Gasteiger partial charge in [0.05, 0.1) is 12.7 Å². The fourth-order valence-corrected chi connectivity index (χ4v) is 3.46. The molecule has 0 rings (SSSR count). The fourth-order valence-electron chi connectivity index (χ4n) is 2.89. The molecule has 3 heteroatoms. The maximum absolute atomic E-state index is 9.13. The van der Waals surface area contributed by atoms with Crippen LogP contribution in [-0.4, -0.2) is 36.4 Å². The van der Waals surface area contributed by atoms with Crippen LogP contribution < -0.4 is 0 Å². The Morgan fingerprint density at radius 1 is 0.739 bits per heavy atom. The van der Waals surface area contributed by atoms with E-state index >= 15 is 0 Å². The largest absolute Gasteiger partial charge is 0.394 e. The predicted molar refractivity (Wildman–Crippen MR) is 106 cm³/mol. The van der Waals surface area contributed by atoms with Gasteiger partial charge < -0.3 is 9.84 Å². The van der Waals surface area contributed by atoms with Crippen molar-refractivity contribution in [1.82, 2.24) is 0 Å². The van der Waals surface area contributed by atoms with Crippen LogP contribution in [0, 0.1) is 0 Å². The van der Waals surface area contributed by atoms with Gasteiger partial charge in [-0.2, -0.15) is 11.8 Å². The van der Waals surface area contributed by atoms with Crippen LogP contribution in [0.1, 0.15) is 96.8 Å². The molecule has 2 nitrogen and oxygen atoms in total. The number of aliphatic hydroxyl groups excluding tert-OH is 1. The van der Waals surface area contributed by atoms with E-state index in [0.29, 0.717) is 0 Å². The summed E-state index contributed by atoms with van der Waals surface area (Å²) in [6.45, 7) is 3.24. The number of hydrogen-bond acceptors (Lipinski definition) is 3. The summed E-state index contributed by atoms with van der Waals surface area (Å²) in [7, 11) is 0. The van der Waals surface area contributed by atoms with Crippen LogP contribution in [-0.2, 0) is 4.74 Å². The van der Waals surface area contributed by atoms with E-state index in [1.807, 2.05) is 0 Å². The van der Waals surface area contributed by atoms with Gasteiger partial charge in [-0.25, -0.2) is 0 Å². The highest BCUT2D eigenvalue weighted by Gasteiger charge is 2.05. The molecule has 0 heterocycles. The number of rotatable bonds is 19. The van der Waals surface area contributed by atoms with Crippen molar-refractivity contribution in [2.75, 3.05) is 25.2 Å². The van der Waals surface area contributed by atoms with Gasteiger partial charge in [0.25, 0.3) is 0 Å². The van der Waals surface area contributed by atoms with Crippen LogP contribution in [0.5, 0.6) is 0 Å². The summed E-state index contributed by atoms with van der Waals surface area (Å²) in [6, 6.07) is 0. The Balaban J connectivity index is 3.07. The van der Waals surface area contributed by atoms with Gasteiger partial charge in [0.1, 0.15) is 0 Å². The van der Waals surface area contributed by atoms with Gasteiger partial charge in [-0.3, -0.25) is 0 Å². The molecular weight excluding hydrogens is 304 g/mol. The molecule has 0 aliphatic rings. The van der Waals surface area contributed by atoms with Crippen molar-refractivity contribution in [2.45, 2.75) is 103 Å². The van der Waals surface area contributed by atoms with Crippen molar-refractivity contribution in [2.24, 2.45) is 0 Å². The first-order chi connectivity index (χ1) is 11.3. The summed E-state index contributed by atoms with van der Waals surface area (Å²) in [5, 5.41) is 9.13. The van der Waals surface area contributed by atoms with E-state index in [4.69, 9.17) is 9.84 Å². The minimum atomic E-state index is 0.0342. The zero-order valence-electron chi connectivity index (χ0n) is 15.9. The molecule has 0 radical (unpaired) electrons. The Bertz CT molecular complexity index is 212. The van der Waals surface area contributed by atoms with E-state index in [1.165, 1.54) is 83.5 Å². The third-order valence-corrected chi connectivity index (χ3v) is 5.11. The van der Waals surface area contributed by atoms with Crippen molar-refractivity contribution in [3.8, 4) is 0 Å². The normalized spacial score (nSPS) is 12.7. The molecule has 0 saturated heterocycles. The van der Waals surface area contributed by atoms with Gasteiger partial charge in [-0.15, -0.1) is 0 Å². The van der Waals surface area contributed by atoms with Crippen LogP contribution >= 0.6 is 11.8 Å². The van der Waals surface area contributed by atoms with Crippen LogP contribution in [0.4, 0.5) is 0 Å². The smallest absolute Gasteiger partial charge is 0.0895 e. The number of thioether (sulfide) groups is 1. The summed E-state index contributed by atoms with van der Waals surface area (Å²) in [4.78, 5) is 0. The van der Waals surface area contributed by atoms with E-state index in [-0.39, 0.29) is 12.7 Å². The zero-order valence-corrected chi connectivity index (χ0v) is 16.7. The summed E-state index contributed by atoms with van der Waals surface area (Å²) in [5.41, 5.74) is 0. The lowest BCUT2D eigenvalue weighted by Crippen LogP contribution is -2.20. The molecule has 0 fully saturated rings. The van der Waals surface area contributed by atoms with Crippen LogP contribution in [0.3, 0.4) is 0 Å². The standard InChI is InChI=1S/C20H42O2S/c1-3-4-5-6-7-8-9-10-11-12-13-14-15-16-17-22-20(18-21)19-23-2/h20-21H,3-19H2,1-2H3. The Morgan fingerprint density at radius 3 is 1.57 bits per heavy atom. The second-order valence-electron chi connectivity index (χ2n) is 6.73. The molecule has 0 amide bonds. The lowest BCUT2D eigenvalue weighted by Gasteiger charge is -2.13. The maximum Gasteiger partial charge on any atom is 0.0895 e. The van der Waals surface area contributed by atoms with Crippen molar-refractivity contribution >= 4 is 11.8 Å². The average Bonchev–Trinajstić information content (AvgIpc) is 2.57. The highest BCUT2D eigenvalue weighted by Crippen LogP contribution is 2.13. The molecule has 0 aromatic rings. The first-order valence-corrected chi connectivity index (χ1v) is 11.5. The lowest BCUT2D eigenvalue weighted by atomic mass is 10.0. The molecular formula is C20H42O2S. The number of hydrogen-bond donors (Lipinski definition) is 1. The molecule has 0 aromatic heterocycles. The topological polar surface area (TPSA) is 29.5 Å². The number of unbranched alkanes of at least 4 members (excludes halogenated alkanes) is 13. The Hall–Kier alpha value is 0.270. The van der Waals surface area contributed by atoms with Gasteiger partial charge in [0.15, 0.2) is 0 Å². The molecule has 140 valence electrons. The van der Waals surface area contributed by atoms with Crippen LogP contribution in [0.15, 0.2) is 0 Å². The maximum atomic E-state index is 9.13. The lowest BCUT2D eigenvalue weighted by molar-refractivity contribution is 0.0261. The number of ether oxygens (including phenoxy) is 1. The van der Waals surface area contributed by atoms with Gasteiger partial charge in [-0.1, -0.05) is 90.4 Å². The third-order valence-electron chi connectivity index (χ3n) is 4.41. The third kappa shape index (κ3) is 18.4. The fraction of sp³-hybridized carbons (Fsp3) is 1.00. The summed E-state index contributed by atoms with van der Waals surface area (Å²) in [5.74, 6) is 0.898. The first kappa shape index (κ1) is 23.3. The molecule has 23 heavy (non-hydrogen) atoms. The van der Waals surface area contributed by atoms with Crippen LogP contribution in [0.2, 0.25) is 0 Å². The molecule has 1 atom stereocenters. The van der Waals surface area contributed by atoms with Gasteiger partial charge in [0.2, 0.25) is 0 Å². The Morgan fingerprint density at radius 2 is 1.17 bits per heavy atom. The molecule has 0 bridgehead atoms. The SMILES string of the molecule is CCCCCCCCCCCCCCCCOC(CO)CSC. The van der Waals surface area contributed by atoms with Crippen LogP contribution in [0.25, 0.3) is 0 Å². The summed E-state index contributed by atoms with van der Waals surface area (Å²) in [6.07, 6.45) is 21.5. The van der Waals surface area contributed by atoms with E-state index < -0.39 is 0 Å². The molecule has 0 aromatic carbocycles. The molecule has 0 aliphatic carbocycles. The van der Waals surface area contributed by atoms with Crippen molar-refractivity contribution < 1.29 is 9.84 Å². The molecule has 1 N–H and O–H groups in total. The second kappa shape index (κ2) is 20.3. The van der Waals surface area contributed by atoms with E-state index in [9.17, 15) is 0 Å². The van der Waals surface area contributed by atoms with Crippen molar-refractivity contribution in [3.63, 3.8) is 0 Å². The predicted octanol–water partition coefficient (Wildman–Crippen LogP) is 6.21. The minimum Gasteiger partial charge on any atom is -0.394 e. The monoisotopic (exact) mass is 346 g/mol. The second-order valence-corrected chi connectivity index (χ2v) is 7.64. The highest BCUT2D eigenvalue weighted by molar-refractivity contribution is 7.98. The molecule has 1 unspecified atom stereocenters. The highest BCUT2D eigenvalue weighted by atomic mass is 32.2. The van der Waals surface area contributed by atoms with E-state index in [1.54, 1.807) is 11.8 Å². The minimum absolute atomic E-state index is 0.0342. The molecule has 0 aliphatic heterocycles. The van der Waals surface area contributed by atoms with Crippen molar-refractivity contribution in [3.05, 3.63) is 0 Å². The Kier molecular flexibility index (Phi) is 20.6. The van der Waals surface area contributed by atoms with Crippen molar-refractivity contribution in [1.29, 1.82) is 0 Å².